The average molecular weight is 265 g/mol. The number of quaternary nitrogens is 1. The van der Waals surface area contributed by atoms with E-state index in [1.807, 2.05) is 4.90 Å². The van der Waals surface area contributed by atoms with Crippen LogP contribution in [0.2, 0.25) is 0 Å². The second-order valence-electron chi connectivity index (χ2n) is 4.94. The number of carbonyl (C=O) groups is 1. The number of amides is 1. The average Bonchev–Trinajstić information content (AvgIpc) is 2.38. The molecule has 0 aliphatic carbocycles. The van der Waals surface area contributed by atoms with E-state index in [1.54, 1.807) is 11.8 Å². The van der Waals surface area contributed by atoms with E-state index in [2.05, 4.69) is 38.2 Å². The van der Waals surface area contributed by atoms with E-state index in [0.717, 1.165) is 26.2 Å². The van der Waals surface area contributed by atoms with Crippen molar-refractivity contribution in [3.8, 4) is 0 Å². The van der Waals surface area contributed by atoms with E-state index in [1.165, 1.54) is 15.4 Å². The molecule has 1 aromatic rings. The molecule has 0 spiro atoms. The maximum absolute atomic E-state index is 12.0. The first-order chi connectivity index (χ1) is 8.65. The van der Waals surface area contributed by atoms with Gasteiger partial charge in [-0.05, 0) is 19.1 Å². The Bertz CT molecular complexity index is 397. The molecule has 0 atom stereocenters. The molecule has 18 heavy (non-hydrogen) atoms. The smallest absolute Gasteiger partial charge is 0.233 e. The van der Waals surface area contributed by atoms with Gasteiger partial charge in [-0.1, -0.05) is 17.7 Å². The monoisotopic (exact) mass is 265 g/mol. The van der Waals surface area contributed by atoms with Crippen molar-refractivity contribution in [1.29, 1.82) is 0 Å². The number of benzene rings is 1. The fourth-order valence-corrected chi connectivity index (χ4v) is 2.81. The molecule has 1 aliphatic heterocycles. The first-order valence-corrected chi connectivity index (χ1v) is 7.42. The largest absolute Gasteiger partial charge is 0.334 e. The van der Waals surface area contributed by atoms with Crippen molar-refractivity contribution in [3.63, 3.8) is 0 Å². The Kier molecular flexibility index (Phi) is 4.66. The molecule has 1 N–H and O–H groups in total. The van der Waals surface area contributed by atoms with Crippen LogP contribution in [0.15, 0.2) is 29.2 Å². The quantitative estimate of drug-likeness (QED) is 0.803. The first kappa shape index (κ1) is 13.4. The summed E-state index contributed by atoms with van der Waals surface area (Å²) >= 11 is 1.63. The molecule has 3 nitrogen and oxygen atoms in total. The molecule has 0 unspecified atom stereocenters. The van der Waals surface area contributed by atoms with Crippen LogP contribution in [-0.4, -0.2) is 49.8 Å². The zero-order valence-electron chi connectivity index (χ0n) is 11.1. The normalized spacial score (nSPS) is 16.9. The topological polar surface area (TPSA) is 24.8 Å². The van der Waals surface area contributed by atoms with Crippen molar-refractivity contribution in [3.05, 3.63) is 29.8 Å². The second kappa shape index (κ2) is 6.25. The van der Waals surface area contributed by atoms with Gasteiger partial charge >= 0.3 is 0 Å². The Balaban J connectivity index is 1.79. The number of carbonyl (C=O) groups excluding carboxylic acids is 1. The minimum Gasteiger partial charge on any atom is -0.334 e. The van der Waals surface area contributed by atoms with Crippen LogP contribution in [0, 0.1) is 6.92 Å². The Hall–Kier alpha value is -1.00. The van der Waals surface area contributed by atoms with E-state index >= 15 is 0 Å². The van der Waals surface area contributed by atoms with Crippen molar-refractivity contribution < 1.29 is 9.69 Å². The molecule has 98 valence electrons. The predicted molar refractivity (Wildman–Crippen MR) is 75.1 cm³/mol. The number of rotatable bonds is 3. The van der Waals surface area contributed by atoms with Crippen molar-refractivity contribution in [2.24, 2.45) is 0 Å². The molecule has 0 aromatic heterocycles. The summed E-state index contributed by atoms with van der Waals surface area (Å²) in [6, 6.07) is 8.35. The molecular formula is C14H21N2OS+. The highest BCUT2D eigenvalue weighted by Gasteiger charge is 2.20. The molecule has 2 rings (SSSR count). The fraction of sp³-hybridized carbons (Fsp3) is 0.500. The van der Waals surface area contributed by atoms with Gasteiger partial charge in [-0.3, -0.25) is 4.79 Å². The summed E-state index contributed by atoms with van der Waals surface area (Å²) in [5.41, 5.74) is 1.26. The number of aryl methyl sites for hydroxylation is 1. The van der Waals surface area contributed by atoms with Crippen LogP contribution >= 0.6 is 11.8 Å². The molecule has 1 heterocycles. The summed E-state index contributed by atoms with van der Waals surface area (Å²) in [4.78, 5) is 16.7. The number of piperazine rings is 1. The summed E-state index contributed by atoms with van der Waals surface area (Å²) in [6.07, 6.45) is 0. The summed E-state index contributed by atoms with van der Waals surface area (Å²) in [5, 5.41) is 0. The van der Waals surface area contributed by atoms with Crippen molar-refractivity contribution in [2.75, 3.05) is 39.0 Å². The standard InChI is InChI=1S/C14H20N2OS/c1-12-3-5-13(6-4-12)18-11-14(17)16-9-7-15(2)8-10-16/h3-6H,7-11H2,1-2H3/p+1. The Morgan fingerprint density at radius 2 is 1.89 bits per heavy atom. The number of hydrogen-bond donors (Lipinski definition) is 1. The maximum atomic E-state index is 12.0. The highest BCUT2D eigenvalue weighted by molar-refractivity contribution is 8.00. The van der Waals surface area contributed by atoms with Gasteiger partial charge in [0.1, 0.15) is 0 Å². The predicted octanol–water partition coefficient (Wildman–Crippen LogP) is 0.444. The molecule has 1 aromatic carbocycles. The second-order valence-corrected chi connectivity index (χ2v) is 5.99. The maximum Gasteiger partial charge on any atom is 0.233 e. The third-order valence-electron chi connectivity index (χ3n) is 3.35. The Labute approximate surface area is 113 Å². The van der Waals surface area contributed by atoms with Crippen LogP contribution in [0.25, 0.3) is 0 Å². The third-order valence-corrected chi connectivity index (χ3v) is 4.35. The molecule has 0 saturated carbocycles. The number of likely N-dealkylation sites (N-methyl/N-ethyl adjacent to an activating group) is 1. The van der Waals surface area contributed by atoms with Gasteiger partial charge in [-0.2, -0.15) is 0 Å². The molecule has 4 heteroatoms. The lowest BCUT2D eigenvalue weighted by Crippen LogP contribution is -3.12. The molecule has 1 amide bonds. The fourth-order valence-electron chi connectivity index (χ4n) is 2.01. The summed E-state index contributed by atoms with van der Waals surface area (Å²) < 4.78 is 0. The van der Waals surface area contributed by atoms with Gasteiger partial charge in [0.25, 0.3) is 0 Å². The van der Waals surface area contributed by atoms with Gasteiger partial charge in [0.2, 0.25) is 5.91 Å². The zero-order valence-corrected chi connectivity index (χ0v) is 11.9. The first-order valence-electron chi connectivity index (χ1n) is 6.44. The van der Waals surface area contributed by atoms with Crippen LogP contribution in [0.3, 0.4) is 0 Å². The van der Waals surface area contributed by atoms with Crippen LogP contribution < -0.4 is 4.90 Å². The molecule has 0 radical (unpaired) electrons. The van der Waals surface area contributed by atoms with Crippen LogP contribution in [0.5, 0.6) is 0 Å². The van der Waals surface area contributed by atoms with E-state index in [0.29, 0.717) is 5.75 Å². The zero-order chi connectivity index (χ0) is 13.0. The molecule has 1 fully saturated rings. The number of nitrogens with one attached hydrogen (secondary N) is 1. The summed E-state index contributed by atoms with van der Waals surface area (Å²) in [5.74, 6) is 0.829. The van der Waals surface area contributed by atoms with Crippen LogP contribution in [0.4, 0.5) is 0 Å². The van der Waals surface area contributed by atoms with Gasteiger partial charge in [-0.15, -0.1) is 11.8 Å². The Morgan fingerprint density at radius 1 is 1.28 bits per heavy atom. The van der Waals surface area contributed by atoms with E-state index < -0.39 is 0 Å². The highest BCUT2D eigenvalue weighted by atomic mass is 32.2. The highest BCUT2D eigenvalue weighted by Crippen LogP contribution is 2.18. The summed E-state index contributed by atoms with van der Waals surface area (Å²) in [7, 11) is 2.18. The third kappa shape index (κ3) is 3.75. The van der Waals surface area contributed by atoms with Crippen LogP contribution in [0.1, 0.15) is 5.56 Å². The lowest BCUT2D eigenvalue weighted by molar-refractivity contribution is -0.883. The Morgan fingerprint density at radius 3 is 2.50 bits per heavy atom. The number of nitrogens with zero attached hydrogens (tertiary/aromatic N) is 1. The van der Waals surface area contributed by atoms with Crippen molar-refractivity contribution >= 4 is 17.7 Å². The summed E-state index contributed by atoms with van der Waals surface area (Å²) in [6.45, 7) is 6.02. The van der Waals surface area contributed by atoms with Gasteiger partial charge < -0.3 is 9.80 Å². The lowest BCUT2D eigenvalue weighted by atomic mass is 10.2. The minimum absolute atomic E-state index is 0.271. The molecule has 1 aliphatic rings. The van der Waals surface area contributed by atoms with E-state index in [-0.39, 0.29) is 5.91 Å². The van der Waals surface area contributed by atoms with Crippen LogP contribution in [-0.2, 0) is 4.79 Å². The van der Waals surface area contributed by atoms with Gasteiger partial charge in [0, 0.05) is 4.90 Å². The molecular weight excluding hydrogens is 244 g/mol. The van der Waals surface area contributed by atoms with Crippen molar-refractivity contribution in [1.82, 2.24) is 4.90 Å². The van der Waals surface area contributed by atoms with Crippen molar-refractivity contribution in [2.45, 2.75) is 11.8 Å². The van der Waals surface area contributed by atoms with E-state index in [4.69, 9.17) is 0 Å². The lowest BCUT2D eigenvalue weighted by Gasteiger charge is -2.30. The van der Waals surface area contributed by atoms with Gasteiger partial charge in [-0.25, -0.2) is 0 Å². The number of thioether (sulfide) groups is 1. The number of hydrogen-bond acceptors (Lipinski definition) is 2. The van der Waals surface area contributed by atoms with Gasteiger partial charge in [0.15, 0.2) is 0 Å². The molecule has 1 saturated heterocycles. The van der Waals surface area contributed by atoms with E-state index in [9.17, 15) is 4.79 Å². The molecule has 0 bridgehead atoms. The minimum atomic E-state index is 0.271. The SMILES string of the molecule is Cc1ccc(SCC(=O)N2CC[NH+](C)CC2)cc1. The van der Waals surface area contributed by atoms with Gasteiger partial charge in [0.05, 0.1) is 39.0 Å².